The first kappa shape index (κ1) is 18.6. The number of carbonyl (C=O) groups is 1. The minimum absolute atomic E-state index is 0.189. The van der Waals surface area contributed by atoms with Crippen LogP contribution in [0.3, 0.4) is 0 Å². The second-order valence-corrected chi connectivity index (χ2v) is 7.36. The molecule has 5 heteroatoms. The number of benzene rings is 1. The van der Waals surface area contributed by atoms with Gasteiger partial charge in [-0.25, -0.2) is 0 Å². The Labute approximate surface area is 155 Å². The Kier molecular flexibility index (Phi) is 5.70. The van der Waals surface area contributed by atoms with E-state index in [2.05, 4.69) is 6.07 Å². The number of carbonyl (C=O) groups excluding carboxylic acids is 1. The number of esters is 1. The van der Waals surface area contributed by atoms with Gasteiger partial charge in [0, 0.05) is 0 Å². The van der Waals surface area contributed by atoms with Gasteiger partial charge in [-0.1, -0.05) is 12.5 Å². The molecule has 140 valence electrons. The number of nitriles is 1. The monoisotopic (exact) mass is 357 g/mol. The summed E-state index contributed by atoms with van der Waals surface area (Å²) in [7, 11) is 1.62. The molecule has 2 fully saturated rings. The smallest absolute Gasteiger partial charge is 0.308 e. The van der Waals surface area contributed by atoms with Crippen LogP contribution in [0.4, 0.5) is 0 Å². The number of hydrogen-bond acceptors (Lipinski definition) is 5. The summed E-state index contributed by atoms with van der Waals surface area (Å²) in [5, 5.41) is 10.00. The molecule has 2 saturated carbocycles. The lowest BCUT2D eigenvalue weighted by Crippen LogP contribution is -2.35. The third-order valence-corrected chi connectivity index (χ3v) is 5.47. The van der Waals surface area contributed by atoms with Gasteiger partial charge in [0.25, 0.3) is 0 Å². The Balaban J connectivity index is 1.85. The average molecular weight is 357 g/mol. The third kappa shape index (κ3) is 3.95. The van der Waals surface area contributed by atoms with Crippen LogP contribution >= 0.6 is 0 Å². The normalized spacial score (nSPS) is 25.2. The van der Waals surface area contributed by atoms with Gasteiger partial charge in [-0.05, 0) is 62.6 Å². The Morgan fingerprint density at radius 1 is 1.31 bits per heavy atom. The van der Waals surface area contributed by atoms with Crippen molar-refractivity contribution >= 4 is 5.97 Å². The highest BCUT2D eigenvalue weighted by molar-refractivity contribution is 5.73. The van der Waals surface area contributed by atoms with E-state index >= 15 is 0 Å². The lowest BCUT2D eigenvalue weighted by Gasteiger charge is -2.35. The predicted molar refractivity (Wildman–Crippen MR) is 97.1 cm³/mol. The molecule has 1 aromatic rings. The fraction of sp³-hybridized carbons (Fsp3) is 0.619. The molecule has 0 heterocycles. The van der Waals surface area contributed by atoms with Crippen molar-refractivity contribution in [2.45, 2.75) is 50.9 Å². The predicted octanol–water partition coefficient (Wildman–Crippen LogP) is 4.00. The van der Waals surface area contributed by atoms with Crippen molar-refractivity contribution in [3.8, 4) is 17.6 Å². The molecule has 0 aliphatic heterocycles. The first-order chi connectivity index (χ1) is 12.6. The molecule has 1 aromatic carbocycles. The summed E-state index contributed by atoms with van der Waals surface area (Å²) in [6.45, 7) is 2.87. The fourth-order valence-electron chi connectivity index (χ4n) is 3.74. The first-order valence-corrected chi connectivity index (χ1v) is 9.51. The van der Waals surface area contributed by atoms with E-state index in [1.807, 2.05) is 25.1 Å². The highest BCUT2D eigenvalue weighted by Crippen LogP contribution is 2.44. The zero-order valence-corrected chi connectivity index (χ0v) is 15.6. The van der Waals surface area contributed by atoms with Gasteiger partial charge in [-0.15, -0.1) is 0 Å². The molecular weight excluding hydrogens is 330 g/mol. The van der Waals surface area contributed by atoms with Gasteiger partial charge in [0.1, 0.15) is 0 Å². The van der Waals surface area contributed by atoms with Gasteiger partial charge in [0.05, 0.1) is 37.7 Å². The molecule has 5 nitrogen and oxygen atoms in total. The molecule has 0 saturated heterocycles. The molecular formula is C21H27NO4. The Morgan fingerprint density at radius 3 is 2.77 bits per heavy atom. The summed E-state index contributed by atoms with van der Waals surface area (Å²) in [6, 6.07) is 8.22. The summed E-state index contributed by atoms with van der Waals surface area (Å²) >= 11 is 0. The van der Waals surface area contributed by atoms with Gasteiger partial charge in [0.15, 0.2) is 11.5 Å². The van der Waals surface area contributed by atoms with Crippen molar-refractivity contribution in [3.63, 3.8) is 0 Å². The fourth-order valence-corrected chi connectivity index (χ4v) is 3.74. The molecule has 2 aliphatic rings. The molecule has 26 heavy (non-hydrogen) atoms. The van der Waals surface area contributed by atoms with E-state index in [1.165, 1.54) is 12.8 Å². The molecule has 0 radical (unpaired) electrons. The van der Waals surface area contributed by atoms with Crippen LogP contribution in [0.1, 0.15) is 51.0 Å². The Morgan fingerprint density at radius 2 is 2.12 bits per heavy atom. The van der Waals surface area contributed by atoms with E-state index in [4.69, 9.17) is 14.2 Å². The zero-order valence-electron chi connectivity index (χ0n) is 15.6. The second kappa shape index (κ2) is 7.99. The zero-order chi connectivity index (χ0) is 18.6. The van der Waals surface area contributed by atoms with Crippen molar-refractivity contribution in [2.24, 2.45) is 11.8 Å². The average Bonchev–Trinajstić information content (AvgIpc) is 3.50. The SMILES string of the molecule is CCOC(=O)[C@@H]1CCC[C@](C#N)(c2ccc(OC)c(OCC3CC3)c2)C1. The van der Waals surface area contributed by atoms with Crippen molar-refractivity contribution in [1.82, 2.24) is 0 Å². The topological polar surface area (TPSA) is 68.6 Å². The highest BCUT2D eigenvalue weighted by atomic mass is 16.5. The van der Waals surface area contributed by atoms with Crippen molar-refractivity contribution in [2.75, 3.05) is 20.3 Å². The molecule has 0 bridgehead atoms. The molecule has 0 aromatic heterocycles. The first-order valence-electron chi connectivity index (χ1n) is 9.51. The summed E-state index contributed by atoms with van der Waals surface area (Å²) in [5.74, 6) is 1.59. The van der Waals surface area contributed by atoms with Gasteiger partial charge in [-0.2, -0.15) is 5.26 Å². The number of ether oxygens (including phenoxy) is 3. The van der Waals surface area contributed by atoms with E-state index in [0.717, 1.165) is 24.8 Å². The Bertz CT molecular complexity index is 692. The minimum atomic E-state index is -0.681. The summed E-state index contributed by atoms with van der Waals surface area (Å²) in [5.41, 5.74) is 0.222. The molecule has 0 amide bonds. The molecule has 0 N–H and O–H groups in total. The lowest BCUT2D eigenvalue weighted by molar-refractivity contribution is -0.149. The second-order valence-electron chi connectivity index (χ2n) is 7.36. The molecule has 2 aliphatic carbocycles. The summed E-state index contributed by atoms with van der Waals surface area (Å²) in [6.07, 6.45) is 5.28. The molecule has 0 spiro atoms. The van der Waals surface area contributed by atoms with Crippen LogP contribution in [0.15, 0.2) is 18.2 Å². The van der Waals surface area contributed by atoms with Gasteiger partial charge < -0.3 is 14.2 Å². The van der Waals surface area contributed by atoms with E-state index < -0.39 is 5.41 Å². The maximum absolute atomic E-state index is 12.2. The van der Waals surface area contributed by atoms with Crippen LogP contribution in [-0.4, -0.2) is 26.3 Å². The number of hydrogen-bond donors (Lipinski definition) is 0. The van der Waals surface area contributed by atoms with Crippen LogP contribution in [0.25, 0.3) is 0 Å². The maximum atomic E-state index is 12.2. The highest BCUT2D eigenvalue weighted by Gasteiger charge is 2.41. The van der Waals surface area contributed by atoms with E-state index in [-0.39, 0.29) is 11.9 Å². The minimum Gasteiger partial charge on any atom is -0.493 e. The third-order valence-electron chi connectivity index (χ3n) is 5.47. The number of nitrogens with zero attached hydrogens (tertiary/aromatic N) is 1. The molecule has 3 rings (SSSR count). The van der Waals surface area contributed by atoms with Crippen LogP contribution in [0.2, 0.25) is 0 Å². The van der Waals surface area contributed by atoms with Gasteiger partial charge in [0.2, 0.25) is 0 Å². The number of methoxy groups -OCH3 is 1. The Hall–Kier alpha value is -2.22. The van der Waals surface area contributed by atoms with Crippen molar-refractivity contribution in [1.29, 1.82) is 5.26 Å². The van der Waals surface area contributed by atoms with E-state index in [0.29, 0.717) is 37.1 Å². The lowest BCUT2D eigenvalue weighted by atomic mass is 9.66. The van der Waals surface area contributed by atoms with Gasteiger partial charge >= 0.3 is 5.97 Å². The van der Waals surface area contributed by atoms with E-state index in [9.17, 15) is 10.1 Å². The van der Waals surface area contributed by atoms with E-state index in [1.54, 1.807) is 7.11 Å². The standard InChI is InChI=1S/C21H27NO4/c1-3-25-20(23)16-5-4-10-21(12-16,14-22)17-8-9-18(24-2)19(11-17)26-13-15-6-7-15/h8-9,11,15-16H,3-7,10,12-13H2,1-2H3/t16-,21+/m1/s1. The van der Waals surface area contributed by atoms with Crippen molar-refractivity contribution < 1.29 is 19.0 Å². The summed E-state index contributed by atoms with van der Waals surface area (Å²) in [4.78, 5) is 12.2. The van der Waals surface area contributed by atoms with Crippen LogP contribution in [0.5, 0.6) is 11.5 Å². The molecule has 0 unspecified atom stereocenters. The van der Waals surface area contributed by atoms with Crippen molar-refractivity contribution in [3.05, 3.63) is 23.8 Å². The quantitative estimate of drug-likeness (QED) is 0.690. The van der Waals surface area contributed by atoms with Crippen LogP contribution in [-0.2, 0) is 14.9 Å². The largest absolute Gasteiger partial charge is 0.493 e. The summed E-state index contributed by atoms with van der Waals surface area (Å²) < 4.78 is 16.6. The maximum Gasteiger partial charge on any atom is 0.308 e. The molecule has 2 atom stereocenters. The van der Waals surface area contributed by atoms with Gasteiger partial charge in [-0.3, -0.25) is 4.79 Å². The van der Waals surface area contributed by atoms with Crippen LogP contribution < -0.4 is 9.47 Å². The number of rotatable bonds is 7. The van der Waals surface area contributed by atoms with Crippen LogP contribution in [0, 0.1) is 23.2 Å².